The standard InChI is InChI=1S/C10H16O/c1-3-6-9-7-4-5-8-10(9,2)11/h1,9,11H,4-8H2,2H3. The van der Waals surface area contributed by atoms with Crippen molar-refractivity contribution in [3.05, 3.63) is 0 Å². The summed E-state index contributed by atoms with van der Waals surface area (Å²) in [6.07, 6.45) is 10.3. The molecule has 1 N–H and O–H groups in total. The Bertz CT molecular complexity index is 164. The summed E-state index contributed by atoms with van der Waals surface area (Å²) in [5.41, 5.74) is -0.495. The van der Waals surface area contributed by atoms with Crippen LogP contribution in [0.4, 0.5) is 0 Å². The van der Waals surface area contributed by atoms with Gasteiger partial charge in [-0.15, -0.1) is 12.3 Å². The first-order valence-electron chi connectivity index (χ1n) is 4.32. The zero-order chi connectivity index (χ0) is 8.32. The topological polar surface area (TPSA) is 20.2 Å². The minimum absolute atomic E-state index is 0.334. The first kappa shape index (κ1) is 8.62. The highest BCUT2D eigenvalue weighted by atomic mass is 16.3. The maximum Gasteiger partial charge on any atom is 0.0656 e. The number of hydrogen-bond acceptors (Lipinski definition) is 1. The first-order valence-corrected chi connectivity index (χ1v) is 4.32. The number of rotatable bonds is 1. The summed E-state index contributed by atoms with van der Waals surface area (Å²) < 4.78 is 0. The second-order valence-electron chi connectivity index (χ2n) is 3.71. The average molecular weight is 152 g/mol. The normalized spacial score (nSPS) is 38.1. The zero-order valence-corrected chi connectivity index (χ0v) is 7.14. The van der Waals surface area contributed by atoms with Gasteiger partial charge in [0.1, 0.15) is 0 Å². The maximum absolute atomic E-state index is 9.87. The van der Waals surface area contributed by atoms with Gasteiger partial charge in [0, 0.05) is 6.42 Å². The van der Waals surface area contributed by atoms with Crippen LogP contribution in [0.15, 0.2) is 0 Å². The molecule has 0 aliphatic heterocycles. The van der Waals surface area contributed by atoms with Crippen molar-refractivity contribution in [1.82, 2.24) is 0 Å². The summed E-state index contributed by atoms with van der Waals surface area (Å²) in [6, 6.07) is 0. The van der Waals surface area contributed by atoms with Gasteiger partial charge in [-0.3, -0.25) is 0 Å². The third-order valence-corrected chi connectivity index (χ3v) is 2.73. The lowest BCUT2D eigenvalue weighted by Gasteiger charge is -2.36. The number of aliphatic hydroxyl groups is 1. The van der Waals surface area contributed by atoms with Crippen LogP contribution < -0.4 is 0 Å². The predicted molar refractivity (Wildman–Crippen MR) is 46.0 cm³/mol. The van der Waals surface area contributed by atoms with Crippen LogP contribution in [-0.2, 0) is 0 Å². The molecule has 0 radical (unpaired) electrons. The molecule has 0 spiro atoms. The quantitative estimate of drug-likeness (QED) is 0.569. The molecule has 0 amide bonds. The van der Waals surface area contributed by atoms with Crippen LogP contribution >= 0.6 is 0 Å². The third-order valence-electron chi connectivity index (χ3n) is 2.73. The molecule has 0 saturated heterocycles. The monoisotopic (exact) mass is 152 g/mol. The van der Waals surface area contributed by atoms with Crippen molar-refractivity contribution in [1.29, 1.82) is 0 Å². The Morgan fingerprint density at radius 2 is 2.36 bits per heavy atom. The van der Waals surface area contributed by atoms with Gasteiger partial charge in [-0.05, 0) is 25.7 Å². The first-order chi connectivity index (χ1) is 5.17. The molecule has 0 aromatic heterocycles. The van der Waals surface area contributed by atoms with Gasteiger partial charge in [-0.2, -0.15) is 0 Å². The SMILES string of the molecule is C#CCC1CCCCC1(C)O. The lowest BCUT2D eigenvalue weighted by Crippen LogP contribution is -2.37. The van der Waals surface area contributed by atoms with Gasteiger partial charge in [-0.25, -0.2) is 0 Å². The van der Waals surface area contributed by atoms with E-state index >= 15 is 0 Å². The summed E-state index contributed by atoms with van der Waals surface area (Å²) in [4.78, 5) is 0. The van der Waals surface area contributed by atoms with E-state index in [4.69, 9.17) is 6.42 Å². The van der Waals surface area contributed by atoms with Gasteiger partial charge in [0.15, 0.2) is 0 Å². The van der Waals surface area contributed by atoms with Crippen molar-refractivity contribution < 1.29 is 5.11 Å². The van der Waals surface area contributed by atoms with E-state index in [1.165, 1.54) is 6.42 Å². The lowest BCUT2D eigenvalue weighted by atomic mass is 9.75. The van der Waals surface area contributed by atoms with Crippen LogP contribution in [0.5, 0.6) is 0 Å². The molecule has 1 heteroatoms. The van der Waals surface area contributed by atoms with E-state index in [0.29, 0.717) is 5.92 Å². The summed E-state index contributed by atoms with van der Waals surface area (Å²) in [5.74, 6) is 2.97. The smallest absolute Gasteiger partial charge is 0.0656 e. The second kappa shape index (κ2) is 3.28. The minimum atomic E-state index is -0.495. The van der Waals surface area contributed by atoms with Crippen LogP contribution in [0.25, 0.3) is 0 Å². The van der Waals surface area contributed by atoms with Crippen LogP contribution in [0.2, 0.25) is 0 Å². The minimum Gasteiger partial charge on any atom is -0.390 e. The molecule has 2 atom stereocenters. The molecule has 1 saturated carbocycles. The molecule has 0 heterocycles. The van der Waals surface area contributed by atoms with E-state index in [9.17, 15) is 5.11 Å². The maximum atomic E-state index is 9.87. The summed E-state index contributed by atoms with van der Waals surface area (Å²) in [7, 11) is 0. The average Bonchev–Trinajstić information content (AvgIpc) is 1.94. The molecule has 62 valence electrons. The Kier molecular flexibility index (Phi) is 2.57. The van der Waals surface area contributed by atoms with Crippen LogP contribution in [0.3, 0.4) is 0 Å². The molecule has 0 bridgehead atoms. The Morgan fingerprint density at radius 3 is 2.91 bits per heavy atom. The van der Waals surface area contributed by atoms with Crippen molar-refractivity contribution in [3.63, 3.8) is 0 Å². The van der Waals surface area contributed by atoms with Gasteiger partial charge in [0.2, 0.25) is 0 Å². The summed E-state index contributed by atoms with van der Waals surface area (Å²) >= 11 is 0. The Morgan fingerprint density at radius 1 is 1.64 bits per heavy atom. The third kappa shape index (κ3) is 1.97. The predicted octanol–water partition coefficient (Wildman–Crippen LogP) is 1.95. The van der Waals surface area contributed by atoms with E-state index in [-0.39, 0.29) is 0 Å². The molecular formula is C10H16O. The number of terminal acetylenes is 1. The van der Waals surface area contributed by atoms with Crippen molar-refractivity contribution in [2.45, 2.75) is 44.6 Å². The van der Waals surface area contributed by atoms with Crippen molar-refractivity contribution in [2.75, 3.05) is 0 Å². The van der Waals surface area contributed by atoms with E-state index in [2.05, 4.69) is 5.92 Å². The zero-order valence-electron chi connectivity index (χ0n) is 7.14. The number of hydrogen-bond donors (Lipinski definition) is 1. The molecular weight excluding hydrogens is 136 g/mol. The van der Waals surface area contributed by atoms with Crippen molar-refractivity contribution in [3.8, 4) is 12.3 Å². The van der Waals surface area contributed by atoms with E-state index in [0.717, 1.165) is 25.7 Å². The van der Waals surface area contributed by atoms with Crippen LogP contribution in [0.1, 0.15) is 39.0 Å². The Balaban J connectivity index is 2.54. The van der Waals surface area contributed by atoms with Crippen molar-refractivity contribution >= 4 is 0 Å². The molecule has 0 aromatic rings. The van der Waals surface area contributed by atoms with Gasteiger partial charge in [-0.1, -0.05) is 12.8 Å². The Labute approximate surface area is 68.8 Å². The fourth-order valence-corrected chi connectivity index (χ4v) is 1.85. The largest absolute Gasteiger partial charge is 0.390 e. The van der Waals surface area contributed by atoms with Crippen molar-refractivity contribution in [2.24, 2.45) is 5.92 Å². The van der Waals surface area contributed by atoms with Gasteiger partial charge < -0.3 is 5.11 Å². The Hall–Kier alpha value is -0.480. The van der Waals surface area contributed by atoms with E-state index in [1.54, 1.807) is 0 Å². The second-order valence-corrected chi connectivity index (χ2v) is 3.71. The van der Waals surface area contributed by atoms with Gasteiger partial charge in [0.05, 0.1) is 5.60 Å². The molecule has 1 nitrogen and oxygen atoms in total. The highest BCUT2D eigenvalue weighted by molar-refractivity contribution is 4.95. The summed E-state index contributed by atoms with van der Waals surface area (Å²) in [5, 5.41) is 9.87. The summed E-state index contributed by atoms with van der Waals surface area (Å²) in [6.45, 7) is 1.91. The molecule has 1 aliphatic carbocycles. The van der Waals surface area contributed by atoms with Gasteiger partial charge in [0.25, 0.3) is 0 Å². The molecule has 0 aromatic carbocycles. The fourth-order valence-electron chi connectivity index (χ4n) is 1.85. The lowest BCUT2D eigenvalue weighted by molar-refractivity contribution is -0.0295. The highest BCUT2D eigenvalue weighted by Gasteiger charge is 2.33. The molecule has 1 fully saturated rings. The van der Waals surface area contributed by atoms with Gasteiger partial charge >= 0.3 is 0 Å². The van der Waals surface area contributed by atoms with E-state index < -0.39 is 5.60 Å². The molecule has 11 heavy (non-hydrogen) atoms. The van der Waals surface area contributed by atoms with E-state index in [1.807, 2.05) is 6.92 Å². The highest BCUT2D eigenvalue weighted by Crippen LogP contribution is 2.35. The molecule has 2 unspecified atom stereocenters. The fraction of sp³-hybridized carbons (Fsp3) is 0.800. The molecule has 1 rings (SSSR count). The van der Waals surface area contributed by atoms with Crippen LogP contribution in [-0.4, -0.2) is 10.7 Å². The molecule has 1 aliphatic rings. The van der Waals surface area contributed by atoms with Crippen LogP contribution in [0, 0.1) is 18.3 Å².